The Bertz CT molecular complexity index is 357. The largest absolute Gasteiger partial charge is 0.508 e. The van der Waals surface area contributed by atoms with Crippen molar-refractivity contribution in [3.63, 3.8) is 0 Å². The summed E-state index contributed by atoms with van der Waals surface area (Å²) in [6, 6.07) is 8.71. The molecule has 1 N–H and O–H groups in total. The highest BCUT2D eigenvalue weighted by atomic mass is 32.1. The second kappa shape index (κ2) is 8.73. The van der Waals surface area contributed by atoms with Gasteiger partial charge in [-0.15, -0.1) is 11.3 Å². The number of nitriles is 1. The minimum Gasteiger partial charge on any atom is -0.508 e. The average Bonchev–Trinajstić information content (AvgIpc) is 2.74. The van der Waals surface area contributed by atoms with Crippen LogP contribution in [0.4, 0.5) is 0 Å². The van der Waals surface area contributed by atoms with E-state index in [2.05, 4.69) is 11.6 Å². The number of aromatic hydroxyl groups is 1. The molecule has 0 bridgehead atoms. The van der Waals surface area contributed by atoms with Crippen molar-refractivity contribution in [2.45, 2.75) is 6.92 Å². The van der Waals surface area contributed by atoms with Crippen molar-refractivity contribution < 1.29 is 5.11 Å². The number of aromatic nitrogens is 1. The molecule has 15 heavy (non-hydrogen) atoms. The molecule has 2 aromatic rings. The minimum absolute atomic E-state index is 0.322. The Morgan fingerprint density at radius 2 is 1.87 bits per heavy atom. The fourth-order valence-corrected chi connectivity index (χ4v) is 1.12. The monoisotopic (exact) mass is 220 g/mol. The molecular weight excluding hydrogens is 208 g/mol. The van der Waals surface area contributed by atoms with Crippen LogP contribution in [0.25, 0.3) is 0 Å². The van der Waals surface area contributed by atoms with Gasteiger partial charge in [0, 0.05) is 17.6 Å². The van der Waals surface area contributed by atoms with Gasteiger partial charge in [-0.3, -0.25) is 4.98 Å². The molecule has 3 nitrogen and oxygen atoms in total. The molecule has 0 spiro atoms. The van der Waals surface area contributed by atoms with Crippen molar-refractivity contribution in [3.05, 3.63) is 46.9 Å². The van der Waals surface area contributed by atoms with Crippen molar-refractivity contribution in [3.8, 4) is 12.3 Å². The predicted octanol–water partition coefficient (Wildman–Crippen LogP) is 2.98. The van der Waals surface area contributed by atoms with Gasteiger partial charge in [0.25, 0.3) is 0 Å². The predicted molar refractivity (Wildman–Crippen MR) is 61.6 cm³/mol. The second-order valence-electron chi connectivity index (χ2n) is 2.45. The fourth-order valence-electron chi connectivity index (χ4n) is 0.707. The van der Waals surface area contributed by atoms with Crippen LogP contribution in [0.3, 0.4) is 0 Å². The van der Waals surface area contributed by atoms with E-state index in [1.807, 2.05) is 24.7 Å². The standard InChI is InChI=1S/C6H6O.C4H5NS.CHN/c7-6-4-2-1-3-5-6;1-4-2-5-3-6-4;1-2/h1-5,7H;2-3H,1H3;1H. The molecule has 1 aromatic heterocycles. The van der Waals surface area contributed by atoms with Gasteiger partial charge in [0.15, 0.2) is 0 Å². The van der Waals surface area contributed by atoms with E-state index in [4.69, 9.17) is 10.4 Å². The summed E-state index contributed by atoms with van der Waals surface area (Å²) in [6.45, 7) is 5.54. The lowest BCUT2D eigenvalue weighted by molar-refractivity contribution is 0.475. The second-order valence-corrected chi connectivity index (χ2v) is 3.54. The quantitative estimate of drug-likeness (QED) is 0.742. The molecule has 1 aromatic carbocycles. The highest BCUT2D eigenvalue weighted by Gasteiger charge is 1.76. The van der Waals surface area contributed by atoms with Crippen molar-refractivity contribution in [2.24, 2.45) is 0 Å². The molecule has 0 amide bonds. The highest BCUT2D eigenvalue weighted by molar-refractivity contribution is 7.09. The van der Waals surface area contributed by atoms with Crippen LogP contribution < -0.4 is 0 Å². The van der Waals surface area contributed by atoms with Crippen LogP contribution >= 0.6 is 11.3 Å². The smallest absolute Gasteiger partial charge is 0.115 e. The van der Waals surface area contributed by atoms with Gasteiger partial charge < -0.3 is 5.11 Å². The summed E-state index contributed by atoms with van der Waals surface area (Å²) >= 11 is 1.67. The number of benzene rings is 1. The van der Waals surface area contributed by atoms with Crippen molar-refractivity contribution >= 4 is 11.3 Å². The molecular formula is C11H12N2OS. The van der Waals surface area contributed by atoms with Gasteiger partial charge in [-0.25, -0.2) is 5.26 Å². The summed E-state index contributed by atoms with van der Waals surface area (Å²) in [4.78, 5) is 5.11. The summed E-state index contributed by atoms with van der Waals surface area (Å²) in [5, 5.41) is 15.1. The lowest BCUT2D eigenvalue weighted by atomic mass is 10.3. The van der Waals surface area contributed by atoms with Crippen LogP contribution in [0.1, 0.15) is 4.88 Å². The first-order valence-electron chi connectivity index (χ1n) is 4.14. The molecule has 0 fully saturated rings. The maximum absolute atomic E-state index is 8.63. The van der Waals surface area contributed by atoms with Crippen molar-refractivity contribution in [1.82, 2.24) is 4.98 Å². The Kier molecular flexibility index (Phi) is 7.64. The summed E-state index contributed by atoms with van der Waals surface area (Å²) in [6.07, 6.45) is 1.85. The number of phenols is 1. The molecule has 0 radical (unpaired) electrons. The van der Waals surface area contributed by atoms with Gasteiger partial charge in [0.1, 0.15) is 5.75 Å². The topological polar surface area (TPSA) is 56.9 Å². The molecule has 0 atom stereocenters. The number of hydrogen-bond acceptors (Lipinski definition) is 4. The Labute approximate surface area is 93.3 Å². The number of aryl methyl sites for hydroxylation is 1. The number of phenolic OH excluding ortho intramolecular Hbond substituents is 1. The molecule has 78 valence electrons. The van der Waals surface area contributed by atoms with Gasteiger partial charge in [-0.2, -0.15) is 0 Å². The number of nitrogens with zero attached hydrogens (tertiary/aromatic N) is 2. The van der Waals surface area contributed by atoms with Crippen LogP contribution in [-0.4, -0.2) is 10.1 Å². The number of rotatable bonds is 0. The maximum Gasteiger partial charge on any atom is 0.115 e. The number of para-hydroxylation sites is 1. The van der Waals surface area contributed by atoms with Crippen molar-refractivity contribution in [1.29, 1.82) is 5.26 Å². The van der Waals surface area contributed by atoms with E-state index < -0.39 is 0 Å². The molecule has 0 aliphatic rings. The number of thiazole rings is 1. The molecule has 0 unspecified atom stereocenters. The van der Waals surface area contributed by atoms with Gasteiger partial charge in [-0.1, -0.05) is 18.2 Å². The van der Waals surface area contributed by atoms with Crippen LogP contribution in [0.15, 0.2) is 42.0 Å². The summed E-state index contributed by atoms with van der Waals surface area (Å²) < 4.78 is 0. The third-order valence-electron chi connectivity index (χ3n) is 1.31. The van der Waals surface area contributed by atoms with Crippen LogP contribution in [-0.2, 0) is 0 Å². The molecule has 4 heteroatoms. The van der Waals surface area contributed by atoms with Crippen LogP contribution in [0.2, 0.25) is 0 Å². The van der Waals surface area contributed by atoms with E-state index in [-0.39, 0.29) is 0 Å². The zero-order valence-corrected chi connectivity index (χ0v) is 9.19. The Morgan fingerprint density at radius 1 is 1.27 bits per heavy atom. The lowest BCUT2D eigenvalue weighted by Crippen LogP contribution is -1.56. The van der Waals surface area contributed by atoms with Crippen LogP contribution in [0, 0.1) is 18.8 Å². The Hall–Kier alpha value is -1.86. The fraction of sp³-hybridized carbons (Fsp3) is 0.0909. The first kappa shape index (κ1) is 13.1. The van der Waals surface area contributed by atoms with E-state index >= 15 is 0 Å². The normalized spacial score (nSPS) is 7.67. The third kappa shape index (κ3) is 7.23. The van der Waals surface area contributed by atoms with Gasteiger partial charge in [0.05, 0.1) is 5.51 Å². The highest BCUT2D eigenvalue weighted by Crippen LogP contribution is 2.02. The van der Waals surface area contributed by atoms with E-state index in [9.17, 15) is 0 Å². The Morgan fingerprint density at radius 3 is 2.07 bits per heavy atom. The van der Waals surface area contributed by atoms with E-state index in [1.165, 1.54) is 4.88 Å². The van der Waals surface area contributed by atoms with Gasteiger partial charge in [0.2, 0.25) is 0 Å². The SMILES string of the molecule is C#N.Cc1cncs1.Oc1ccccc1. The molecule has 0 aliphatic heterocycles. The van der Waals surface area contributed by atoms with Gasteiger partial charge >= 0.3 is 0 Å². The zero-order valence-electron chi connectivity index (χ0n) is 8.37. The van der Waals surface area contributed by atoms with E-state index in [1.54, 1.807) is 35.6 Å². The van der Waals surface area contributed by atoms with E-state index in [0.717, 1.165) is 0 Å². The number of hydrogen-bond donors (Lipinski definition) is 1. The summed E-state index contributed by atoms with van der Waals surface area (Å²) in [5.74, 6) is 0.322. The molecule has 0 aliphatic carbocycles. The van der Waals surface area contributed by atoms with Crippen molar-refractivity contribution in [2.75, 3.05) is 0 Å². The van der Waals surface area contributed by atoms with Crippen LogP contribution in [0.5, 0.6) is 5.75 Å². The lowest BCUT2D eigenvalue weighted by Gasteiger charge is -1.82. The molecule has 1 heterocycles. The summed E-state index contributed by atoms with van der Waals surface area (Å²) in [7, 11) is 0. The maximum atomic E-state index is 8.63. The Balaban J connectivity index is 0.000000227. The average molecular weight is 220 g/mol. The minimum atomic E-state index is 0.322. The first-order chi connectivity index (χ1) is 7.29. The zero-order chi connectivity index (χ0) is 11.5. The summed E-state index contributed by atoms with van der Waals surface area (Å²) in [5.41, 5.74) is 1.83. The third-order valence-corrected chi connectivity index (χ3v) is 2.02. The molecule has 0 saturated carbocycles. The molecule has 2 rings (SSSR count). The molecule has 0 saturated heterocycles. The first-order valence-corrected chi connectivity index (χ1v) is 5.02. The van der Waals surface area contributed by atoms with Gasteiger partial charge in [-0.05, 0) is 19.1 Å². The van der Waals surface area contributed by atoms with E-state index in [0.29, 0.717) is 5.75 Å².